The van der Waals surface area contributed by atoms with Crippen LogP contribution in [0.4, 0.5) is 11.5 Å². The van der Waals surface area contributed by atoms with Crippen LogP contribution < -0.4 is 10.6 Å². The van der Waals surface area contributed by atoms with Crippen molar-refractivity contribution in [2.75, 3.05) is 18.4 Å². The van der Waals surface area contributed by atoms with Crippen molar-refractivity contribution >= 4 is 27.4 Å². The van der Waals surface area contributed by atoms with Gasteiger partial charge in [-0.3, -0.25) is 10.1 Å². The normalized spacial score (nSPS) is 23.1. The highest BCUT2D eigenvalue weighted by Gasteiger charge is 2.30. The van der Waals surface area contributed by atoms with Crippen LogP contribution >= 0.6 is 15.9 Å². The second kappa shape index (κ2) is 4.81. The van der Waals surface area contributed by atoms with Gasteiger partial charge in [0, 0.05) is 17.6 Å². The van der Waals surface area contributed by atoms with Gasteiger partial charge in [-0.05, 0) is 42.7 Å². The third-order valence-electron chi connectivity index (χ3n) is 3.22. The first-order chi connectivity index (χ1) is 8.43. The van der Waals surface area contributed by atoms with E-state index in [4.69, 9.17) is 0 Å². The molecule has 1 atom stereocenters. The zero-order valence-corrected chi connectivity index (χ0v) is 11.9. The van der Waals surface area contributed by atoms with E-state index in [-0.39, 0.29) is 11.2 Å². The Balaban J connectivity index is 2.30. The Kier molecular flexibility index (Phi) is 3.54. The molecule has 0 spiro atoms. The molecule has 1 unspecified atom stereocenters. The van der Waals surface area contributed by atoms with Crippen molar-refractivity contribution in [2.24, 2.45) is 0 Å². The summed E-state index contributed by atoms with van der Waals surface area (Å²) in [5, 5.41) is 17.4. The second-order valence-corrected chi connectivity index (χ2v) is 5.59. The summed E-state index contributed by atoms with van der Waals surface area (Å²) in [5.74, 6) is 0.657. The molecular formula is C11H15BrN4O2. The SMILES string of the molecule is Cc1c([N+](=O)[O-])cnc(NC2(C)CCNC2)c1Br. The first-order valence-electron chi connectivity index (χ1n) is 5.71. The van der Waals surface area contributed by atoms with Gasteiger partial charge in [0.25, 0.3) is 5.69 Å². The molecule has 2 rings (SSSR count). The van der Waals surface area contributed by atoms with Gasteiger partial charge in [0.1, 0.15) is 12.0 Å². The van der Waals surface area contributed by atoms with E-state index in [0.29, 0.717) is 15.9 Å². The molecule has 0 aliphatic carbocycles. The quantitative estimate of drug-likeness (QED) is 0.660. The van der Waals surface area contributed by atoms with Crippen LogP contribution in [0.25, 0.3) is 0 Å². The largest absolute Gasteiger partial charge is 0.363 e. The monoisotopic (exact) mass is 314 g/mol. The summed E-state index contributed by atoms with van der Waals surface area (Å²) >= 11 is 3.38. The van der Waals surface area contributed by atoms with Gasteiger partial charge in [-0.1, -0.05) is 0 Å². The van der Waals surface area contributed by atoms with Crippen LogP contribution in [0.2, 0.25) is 0 Å². The van der Waals surface area contributed by atoms with Crippen molar-refractivity contribution in [2.45, 2.75) is 25.8 Å². The maximum Gasteiger partial charge on any atom is 0.291 e. The van der Waals surface area contributed by atoms with Crippen molar-refractivity contribution in [1.29, 1.82) is 0 Å². The molecule has 1 aromatic rings. The topological polar surface area (TPSA) is 80.1 Å². The number of halogens is 1. The van der Waals surface area contributed by atoms with E-state index in [1.165, 1.54) is 6.20 Å². The average Bonchev–Trinajstić information content (AvgIpc) is 2.72. The number of rotatable bonds is 3. The van der Waals surface area contributed by atoms with E-state index in [9.17, 15) is 10.1 Å². The van der Waals surface area contributed by atoms with E-state index in [0.717, 1.165) is 19.5 Å². The molecule has 0 bridgehead atoms. The zero-order valence-electron chi connectivity index (χ0n) is 10.3. The molecular weight excluding hydrogens is 300 g/mol. The van der Waals surface area contributed by atoms with Crippen molar-refractivity contribution in [3.8, 4) is 0 Å². The molecule has 2 heterocycles. The van der Waals surface area contributed by atoms with Crippen LogP contribution in [-0.2, 0) is 0 Å². The van der Waals surface area contributed by atoms with Gasteiger partial charge in [-0.2, -0.15) is 0 Å². The highest BCUT2D eigenvalue weighted by molar-refractivity contribution is 9.10. The molecule has 1 saturated heterocycles. The third kappa shape index (κ3) is 2.46. The van der Waals surface area contributed by atoms with Crippen LogP contribution in [0, 0.1) is 17.0 Å². The first-order valence-corrected chi connectivity index (χ1v) is 6.51. The van der Waals surface area contributed by atoms with Crippen LogP contribution in [0.3, 0.4) is 0 Å². The molecule has 1 aromatic heterocycles. The molecule has 1 aliphatic heterocycles. The molecule has 98 valence electrons. The molecule has 2 N–H and O–H groups in total. The number of nitro groups is 1. The first kappa shape index (κ1) is 13.2. The maximum absolute atomic E-state index is 10.8. The minimum atomic E-state index is -0.421. The smallest absolute Gasteiger partial charge is 0.291 e. The zero-order chi connectivity index (χ0) is 13.3. The van der Waals surface area contributed by atoms with E-state index in [2.05, 4.69) is 38.5 Å². The molecule has 0 aromatic carbocycles. The van der Waals surface area contributed by atoms with E-state index in [1.54, 1.807) is 6.92 Å². The van der Waals surface area contributed by atoms with E-state index < -0.39 is 4.92 Å². The van der Waals surface area contributed by atoms with Crippen LogP contribution in [0.15, 0.2) is 10.7 Å². The second-order valence-electron chi connectivity index (χ2n) is 4.80. The number of hydrogen-bond donors (Lipinski definition) is 2. The van der Waals surface area contributed by atoms with Gasteiger partial charge in [0.2, 0.25) is 0 Å². The highest BCUT2D eigenvalue weighted by Crippen LogP contribution is 2.32. The van der Waals surface area contributed by atoms with Gasteiger partial charge < -0.3 is 10.6 Å². The lowest BCUT2D eigenvalue weighted by Crippen LogP contribution is -2.37. The molecule has 18 heavy (non-hydrogen) atoms. The average molecular weight is 315 g/mol. The Bertz CT molecular complexity index is 486. The lowest BCUT2D eigenvalue weighted by atomic mass is 10.0. The van der Waals surface area contributed by atoms with E-state index in [1.807, 2.05) is 0 Å². The van der Waals surface area contributed by atoms with Crippen molar-refractivity contribution in [1.82, 2.24) is 10.3 Å². The Morgan fingerprint density at radius 1 is 1.67 bits per heavy atom. The van der Waals surface area contributed by atoms with Gasteiger partial charge in [-0.25, -0.2) is 4.98 Å². The predicted molar refractivity (Wildman–Crippen MR) is 72.8 cm³/mol. The summed E-state index contributed by atoms with van der Waals surface area (Å²) in [6.45, 7) is 5.65. The minimum Gasteiger partial charge on any atom is -0.363 e. The predicted octanol–water partition coefficient (Wildman–Crippen LogP) is 2.22. The number of nitrogens with one attached hydrogen (secondary N) is 2. The fourth-order valence-corrected chi connectivity index (χ4v) is 2.45. The van der Waals surface area contributed by atoms with Crippen LogP contribution in [0.5, 0.6) is 0 Å². The standard InChI is InChI=1S/C11H15BrN4O2/c1-7-8(16(17)18)5-14-10(9(7)12)15-11(2)3-4-13-6-11/h5,13H,3-4,6H2,1-2H3,(H,14,15). The number of anilines is 1. The number of aromatic nitrogens is 1. The number of hydrogen-bond acceptors (Lipinski definition) is 5. The fraction of sp³-hybridized carbons (Fsp3) is 0.545. The van der Waals surface area contributed by atoms with Crippen molar-refractivity contribution in [3.63, 3.8) is 0 Å². The summed E-state index contributed by atoms with van der Waals surface area (Å²) in [6.07, 6.45) is 2.30. The van der Waals surface area contributed by atoms with Gasteiger partial charge >= 0.3 is 0 Å². The number of pyridine rings is 1. The lowest BCUT2D eigenvalue weighted by molar-refractivity contribution is -0.385. The summed E-state index contributed by atoms with van der Waals surface area (Å²) in [4.78, 5) is 14.5. The molecule has 0 radical (unpaired) electrons. The summed E-state index contributed by atoms with van der Waals surface area (Å²) in [5.41, 5.74) is 0.562. The molecule has 1 aliphatic rings. The molecule has 0 saturated carbocycles. The fourth-order valence-electron chi connectivity index (χ4n) is 2.05. The maximum atomic E-state index is 10.8. The van der Waals surface area contributed by atoms with Crippen molar-refractivity contribution < 1.29 is 4.92 Å². The minimum absolute atomic E-state index is 0.0297. The summed E-state index contributed by atoms with van der Waals surface area (Å²) in [6, 6.07) is 0. The van der Waals surface area contributed by atoms with Crippen LogP contribution in [0.1, 0.15) is 18.9 Å². The van der Waals surface area contributed by atoms with E-state index >= 15 is 0 Å². The molecule has 6 nitrogen and oxygen atoms in total. The molecule has 1 fully saturated rings. The lowest BCUT2D eigenvalue weighted by Gasteiger charge is -2.26. The number of nitrogens with zero attached hydrogens (tertiary/aromatic N) is 2. The molecule has 7 heteroatoms. The Hall–Kier alpha value is -1.21. The third-order valence-corrected chi connectivity index (χ3v) is 4.19. The van der Waals surface area contributed by atoms with Crippen molar-refractivity contribution in [3.05, 3.63) is 26.3 Å². The molecule has 0 amide bonds. The van der Waals surface area contributed by atoms with Crippen LogP contribution in [-0.4, -0.2) is 28.5 Å². The Morgan fingerprint density at radius 2 is 2.39 bits per heavy atom. The summed E-state index contributed by atoms with van der Waals surface area (Å²) < 4.78 is 0.657. The Morgan fingerprint density at radius 3 is 2.94 bits per heavy atom. The van der Waals surface area contributed by atoms with Gasteiger partial charge in [-0.15, -0.1) is 0 Å². The van der Waals surface area contributed by atoms with Gasteiger partial charge in [0.05, 0.1) is 9.40 Å². The summed E-state index contributed by atoms with van der Waals surface area (Å²) in [7, 11) is 0. The highest BCUT2D eigenvalue weighted by atomic mass is 79.9. The van der Waals surface area contributed by atoms with Gasteiger partial charge in [0.15, 0.2) is 0 Å². The Labute approximate surface area is 113 Å².